The second kappa shape index (κ2) is 4.21. The maximum Gasteiger partial charge on any atom is 0.180 e. The number of nitrogens with two attached hydrogens (primary N) is 1. The van der Waals surface area contributed by atoms with Gasteiger partial charge in [-0.05, 0) is 17.7 Å². The van der Waals surface area contributed by atoms with Crippen molar-refractivity contribution in [2.45, 2.75) is 12.8 Å². The summed E-state index contributed by atoms with van der Waals surface area (Å²) < 4.78 is 0. The first-order chi connectivity index (χ1) is 7.16. The van der Waals surface area contributed by atoms with E-state index in [1.165, 1.54) is 16.9 Å². The molecule has 2 aromatic rings. The Morgan fingerprint density at radius 2 is 2.00 bits per heavy atom. The minimum absolute atomic E-state index is 0.260. The highest BCUT2D eigenvalue weighted by Gasteiger charge is 2.11. The highest BCUT2D eigenvalue weighted by Crippen LogP contribution is 2.26. The molecule has 1 unspecified atom stereocenters. The third kappa shape index (κ3) is 2.30. The topological polar surface area (TPSA) is 38.9 Å². The lowest BCUT2D eigenvalue weighted by atomic mass is 9.99. The molecular weight excluding hydrogens is 228 g/mol. The molecule has 2 N–H and O–H groups in total. The Labute approximate surface area is 97.7 Å². The van der Waals surface area contributed by atoms with Gasteiger partial charge < -0.3 is 5.73 Å². The lowest BCUT2D eigenvalue weighted by Crippen LogP contribution is -1.96. The van der Waals surface area contributed by atoms with Crippen LogP contribution < -0.4 is 5.73 Å². The van der Waals surface area contributed by atoms with Crippen LogP contribution in [0.5, 0.6) is 0 Å². The average molecular weight is 239 g/mol. The Bertz CT molecular complexity index is 450. The Morgan fingerprint density at radius 1 is 1.33 bits per heavy atom. The Balaban J connectivity index is 2.28. The molecule has 1 aromatic heterocycles. The summed E-state index contributed by atoms with van der Waals surface area (Å²) in [4.78, 5) is 4.27. The third-order valence-corrected chi connectivity index (χ3v) is 3.30. The molecule has 1 aromatic carbocycles. The van der Waals surface area contributed by atoms with Gasteiger partial charge in [-0.3, -0.25) is 0 Å². The number of hydrogen-bond acceptors (Lipinski definition) is 3. The van der Waals surface area contributed by atoms with Crippen molar-refractivity contribution in [3.05, 3.63) is 45.9 Å². The van der Waals surface area contributed by atoms with Crippen molar-refractivity contribution in [2.24, 2.45) is 0 Å². The molecule has 0 fully saturated rings. The Hall–Kier alpha value is -1.06. The summed E-state index contributed by atoms with van der Waals surface area (Å²) in [5, 5.41) is 3.36. The molecule has 0 saturated carbocycles. The first-order valence-corrected chi connectivity index (χ1v) is 5.89. The predicted octanol–water partition coefficient (Wildman–Crippen LogP) is 3.53. The van der Waals surface area contributed by atoms with Crippen molar-refractivity contribution in [2.75, 3.05) is 5.73 Å². The van der Waals surface area contributed by atoms with E-state index in [2.05, 4.69) is 11.9 Å². The van der Waals surface area contributed by atoms with Crippen LogP contribution in [-0.2, 0) is 0 Å². The second-order valence-corrected chi connectivity index (χ2v) is 4.71. The number of anilines is 1. The minimum atomic E-state index is 0.260. The fourth-order valence-electron chi connectivity index (χ4n) is 1.42. The van der Waals surface area contributed by atoms with Gasteiger partial charge in [0.1, 0.15) is 0 Å². The molecule has 0 radical (unpaired) electrons. The van der Waals surface area contributed by atoms with E-state index in [9.17, 15) is 0 Å². The van der Waals surface area contributed by atoms with Gasteiger partial charge in [0.25, 0.3) is 0 Å². The van der Waals surface area contributed by atoms with E-state index in [-0.39, 0.29) is 5.92 Å². The van der Waals surface area contributed by atoms with Gasteiger partial charge in [-0.1, -0.05) is 30.7 Å². The van der Waals surface area contributed by atoms with Gasteiger partial charge in [-0.25, -0.2) is 4.98 Å². The van der Waals surface area contributed by atoms with Crippen LogP contribution in [0, 0.1) is 0 Å². The van der Waals surface area contributed by atoms with E-state index in [0.29, 0.717) is 5.13 Å². The van der Waals surface area contributed by atoms with Crippen LogP contribution in [-0.4, -0.2) is 4.98 Å². The molecule has 0 aliphatic carbocycles. The van der Waals surface area contributed by atoms with Crippen molar-refractivity contribution in [1.29, 1.82) is 0 Å². The van der Waals surface area contributed by atoms with Crippen LogP contribution in [0.15, 0.2) is 29.6 Å². The smallest absolute Gasteiger partial charge is 0.180 e. The summed E-state index contributed by atoms with van der Waals surface area (Å²) >= 11 is 7.30. The maximum absolute atomic E-state index is 5.83. The molecular formula is C11H11ClN2S. The molecule has 1 heterocycles. The molecule has 0 bridgehead atoms. The summed E-state index contributed by atoms with van der Waals surface area (Å²) in [7, 11) is 0. The maximum atomic E-state index is 5.83. The summed E-state index contributed by atoms with van der Waals surface area (Å²) in [6.45, 7) is 2.11. The number of nitrogen functional groups attached to an aromatic ring is 1. The van der Waals surface area contributed by atoms with Crippen LogP contribution >= 0.6 is 22.9 Å². The van der Waals surface area contributed by atoms with Gasteiger partial charge >= 0.3 is 0 Å². The number of aromatic nitrogens is 1. The minimum Gasteiger partial charge on any atom is -0.375 e. The number of thiazole rings is 1. The van der Waals surface area contributed by atoms with Crippen LogP contribution in [0.25, 0.3) is 0 Å². The van der Waals surface area contributed by atoms with E-state index in [0.717, 1.165) is 10.7 Å². The summed E-state index contributed by atoms with van der Waals surface area (Å²) in [5.74, 6) is 0.260. The standard InChI is InChI=1S/C11H11ClN2S/c1-7(10-6-15-11(13)14-10)8-2-4-9(12)5-3-8/h2-7H,1H3,(H2,13,14). The summed E-state index contributed by atoms with van der Waals surface area (Å²) in [5.41, 5.74) is 7.82. The highest BCUT2D eigenvalue weighted by molar-refractivity contribution is 7.13. The van der Waals surface area contributed by atoms with Gasteiger partial charge in [0.15, 0.2) is 5.13 Å². The Morgan fingerprint density at radius 3 is 2.53 bits per heavy atom. The first kappa shape index (κ1) is 10.5. The molecule has 0 amide bonds. The Kier molecular flexibility index (Phi) is 2.93. The molecule has 15 heavy (non-hydrogen) atoms. The third-order valence-electron chi connectivity index (χ3n) is 2.35. The van der Waals surface area contributed by atoms with E-state index >= 15 is 0 Å². The average Bonchev–Trinajstić information content (AvgIpc) is 2.65. The molecule has 2 rings (SSSR count). The van der Waals surface area contributed by atoms with E-state index in [4.69, 9.17) is 17.3 Å². The molecule has 0 aliphatic heterocycles. The summed E-state index contributed by atoms with van der Waals surface area (Å²) in [6.07, 6.45) is 0. The first-order valence-electron chi connectivity index (χ1n) is 4.63. The van der Waals surface area contributed by atoms with Crippen LogP contribution in [0.1, 0.15) is 24.1 Å². The van der Waals surface area contributed by atoms with Crippen molar-refractivity contribution in [1.82, 2.24) is 4.98 Å². The van der Waals surface area contributed by atoms with Gasteiger partial charge in [-0.2, -0.15) is 0 Å². The molecule has 0 spiro atoms. The fraction of sp³-hybridized carbons (Fsp3) is 0.182. The molecule has 4 heteroatoms. The molecule has 78 valence electrons. The van der Waals surface area contributed by atoms with E-state index < -0.39 is 0 Å². The van der Waals surface area contributed by atoms with Gasteiger partial charge in [0.05, 0.1) is 5.69 Å². The zero-order valence-electron chi connectivity index (χ0n) is 8.27. The number of benzene rings is 1. The molecule has 0 aliphatic rings. The van der Waals surface area contributed by atoms with E-state index in [1.54, 1.807) is 0 Å². The van der Waals surface area contributed by atoms with Crippen LogP contribution in [0.3, 0.4) is 0 Å². The molecule has 2 nitrogen and oxygen atoms in total. The van der Waals surface area contributed by atoms with Gasteiger partial charge in [-0.15, -0.1) is 11.3 Å². The largest absolute Gasteiger partial charge is 0.375 e. The van der Waals surface area contributed by atoms with Crippen LogP contribution in [0.2, 0.25) is 5.02 Å². The second-order valence-electron chi connectivity index (χ2n) is 3.38. The summed E-state index contributed by atoms with van der Waals surface area (Å²) in [6, 6.07) is 7.82. The van der Waals surface area contributed by atoms with Crippen molar-refractivity contribution in [3.8, 4) is 0 Å². The predicted molar refractivity (Wildman–Crippen MR) is 65.5 cm³/mol. The molecule has 0 saturated heterocycles. The van der Waals surface area contributed by atoms with Gasteiger partial charge in [0.2, 0.25) is 0 Å². The number of nitrogens with zero attached hydrogens (tertiary/aromatic N) is 1. The number of hydrogen-bond donors (Lipinski definition) is 1. The van der Waals surface area contributed by atoms with Crippen LogP contribution in [0.4, 0.5) is 5.13 Å². The normalized spacial score (nSPS) is 12.7. The number of halogens is 1. The van der Waals surface area contributed by atoms with Crippen molar-refractivity contribution >= 4 is 28.1 Å². The monoisotopic (exact) mass is 238 g/mol. The molecule has 1 atom stereocenters. The zero-order valence-corrected chi connectivity index (χ0v) is 9.85. The lowest BCUT2D eigenvalue weighted by molar-refractivity contribution is 0.886. The van der Waals surface area contributed by atoms with E-state index in [1.807, 2.05) is 29.6 Å². The SMILES string of the molecule is CC(c1ccc(Cl)cc1)c1csc(N)n1. The zero-order chi connectivity index (χ0) is 10.8. The number of rotatable bonds is 2. The van der Waals surface area contributed by atoms with Crippen molar-refractivity contribution in [3.63, 3.8) is 0 Å². The van der Waals surface area contributed by atoms with Crippen molar-refractivity contribution < 1.29 is 0 Å². The fourth-order valence-corrected chi connectivity index (χ4v) is 2.20. The van der Waals surface area contributed by atoms with Gasteiger partial charge in [0, 0.05) is 16.3 Å². The highest BCUT2D eigenvalue weighted by atomic mass is 35.5. The lowest BCUT2D eigenvalue weighted by Gasteiger charge is -2.08. The quantitative estimate of drug-likeness (QED) is 0.869.